The van der Waals surface area contributed by atoms with Gasteiger partial charge in [-0.15, -0.1) is 11.3 Å². The first kappa shape index (κ1) is 18.3. The SMILES string of the molecule is COCCCNC(=O)c1sc2ncnc(N(C)c3ccccc3)c2c1C. The van der Waals surface area contributed by atoms with Gasteiger partial charge in [0.2, 0.25) is 0 Å². The average molecular weight is 370 g/mol. The number of nitrogens with zero attached hydrogens (tertiary/aromatic N) is 3. The number of benzene rings is 1. The highest BCUT2D eigenvalue weighted by Crippen LogP contribution is 2.36. The van der Waals surface area contributed by atoms with E-state index in [0.29, 0.717) is 18.0 Å². The minimum absolute atomic E-state index is 0.0742. The van der Waals surface area contributed by atoms with Gasteiger partial charge in [0.05, 0.1) is 10.3 Å². The van der Waals surface area contributed by atoms with Crippen molar-refractivity contribution in [3.8, 4) is 0 Å². The molecule has 0 saturated heterocycles. The number of ether oxygens (including phenoxy) is 1. The maximum absolute atomic E-state index is 12.5. The number of hydrogen-bond donors (Lipinski definition) is 1. The molecule has 0 spiro atoms. The van der Waals surface area contributed by atoms with Gasteiger partial charge in [0.1, 0.15) is 17.0 Å². The van der Waals surface area contributed by atoms with Crippen molar-refractivity contribution in [2.75, 3.05) is 32.2 Å². The molecule has 7 heteroatoms. The Morgan fingerprint density at radius 1 is 1.27 bits per heavy atom. The van der Waals surface area contributed by atoms with Crippen LogP contribution in [0.4, 0.5) is 11.5 Å². The monoisotopic (exact) mass is 370 g/mol. The van der Waals surface area contributed by atoms with Crippen molar-refractivity contribution in [2.24, 2.45) is 0 Å². The molecule has 26 heavy (non-hydrogen) atoms. The summed E-state index contributed by atoms with van der Waals surface area (Å²) < 4.78 is 5.01. The van der Waals surface area contributed by atoms with Gasteiger partial charge in [-0.05, 0) is 31.0 Å². The zero-order valence-electron chi connectivity index (χ0n) is 15.2. The molecular formula is C19H22N4O2S. The second kappa shape index (κ2) is 8.25. The molecule has 3 aromatic rings. The van der Waals surface area contributed by atoms with Crippen molar-refractivity contribution in [2.45, 2.75) is 13.3 Å². The number of aryl methyl sites for hydroxylation is 1. The van der Waals surface area contributed by atoms with E-state index in [9.17, 15) is 4.79 Å². The van der Waals surface area contributed by atoms with Crippen molar-refractivity contribution >= 4 is 39.0 Å². The Morgan fingerprint density at radius 2 is 2.04 bits per heavy atom. The third-order valence-electron chi connectivity index (χ3n) is 4.19. The van der Waals surface area contributed by atoms with Gasteiger partial charge in [-0.3, -0.25) is 4.79 Å². The predicted octanol–water partition coefficient (Wildman–Crippen LogP) is 3.53. The number of carbonyl (C=O) groups excluding carboxylic acids is 1. The van der Waals surface area contributed by atoms with Gasteiger partial charge >= 0.3 is 0 Å². The van der Waals surface area contributed by atoms with E-state index in [1.165, 1.54) is 11.3 Å². The molecule has 0 aliphatic rings. The van der Waals surface area contributed by atoms with Crippen LogP contribution in [0.1, 0.15) is 21.7 Å². The number of carbonyl (C=O) groups is 1. The van der Waals surface area contributed by atoms with Crippen molar-refractivity contribution in [3.63, 3.8) is 0 Å². The van der Waals surface area contributed by atoms with Gasteiger partial charge in [-0.2, -0.15) is 0 Å². The van der Waals surface area contributed by atoms with Crippen molar-refractivity contribution in [1.29, 1.82) is 0 Å². The largest absolute Gasteiger partial charge is 0.385 e. The lowest BCUT2D eigenvalue weighted by Crippen LogP contribution is -2.24. The third-order valence-corrected chi connectivity index (χ3v) is 5.38. The number of methoxy groups -OCH3 is 1. The lowest BCUT2D eigenvalue weighted by Gasteiger charge is -2.19. The van der Waals surface area contributed by atoms with Crippen molar-refractivity contribution in [3.05, 3.63) is 47.1 Å². The molecular weight excluding hydrogens is 348 g/mol. The first-order chi connectivity index (χ1) is 12.6. The zero-order chi connectivity index (χ0) is 18.5. The molecule has 2 aromatic heterocycles. The van der Waals surface area contributed by atoms with Gasteiger partial charge in [-0.1, -0.05) is 18.2 Å². The Morgan fingerprint density at radius 3 is 2.77 bits per heavy atom. The van der Waals surface area contributed by atoms with E-state index in [1.54, 1.807) is 13.4 Å². The van der Waals surface area contributed by atoms with E-state index in [4.69, 9.17) is 4.74 Å². The fourth-order valence-corrected chi connectivity index (χ4v) is 3.86. The van der Waals surface area contributed by atoms with E-state index in [1.807, 2.05) is 49.2 Å². The number of thiophene rings is 1. The molecule has 0 aliphatic heterocycles. The van der Waals surface area contributed by atoms with E-state index >= 15 is 0 Å². The van der Waals surface area contributed by atoms with Gasteiger partial charge in [0.15, 0.2) is 0 Å². The van der Waals surface area contributed by atoms with Gasteiger partial charge in [0, 0.05) is 33.0 Å². The molecule has 136 valence electrons. The van der Waals surface area contributed by atoms with Crippen LogP contribution in [0.5, 0.6) is 0 Å². The summed E-state index contributed by atoms with van der Waals surface area (Å²) in [6, 6.07) is 10.0. The first-order valence-corrected chi connectivity index (χ1v) is 9.25. The Labute approximate surface area is 156 Å². The van der Waals surface area contributed by atoms with Gasteiger partial charge in [-0.25, -0.2) is 9.97 Å². The van der Waals surface area contributed by atoms with E-state index in [2.05, 4.69) is 15.3 Å². The Bertz CT molecular complexity index is 895. The molecule has 6 nitrogen and oxygen atoms in total. The summed E-state index contributed by atoms with van der Waals surface area (Å²) in [7, 11) is 3.63. The highest BCUT2D eigenvalue weighted by atomic mass is 32.1. The topological polar surface area (TPSA) is 67.3 Å². The maximum atomic E-state index is 12.5. The number of anilines is 2. The number of rotatable bonds is 7. The molecule has 0 saturated carbocycles. The molecule has 1 aromatic carbocycles. The summed E-state index contributed by atoms with van der Waals surface area (Å²) in [4.78, 5) is 24.9. The number of fused-ring (bicyclic) bond motifs is 1. The fraction of sp³-hybridized carbons (Fsp3) is 0.316. The van der Waals surface area contributed by atoms with E-state index in [0.717, 1.165) is 33.7 Å². The van der Waals surface area contributed by atoms with Crippen LogP contribution in [0, 0.1) is 6.92 Å². The molecule has 1 N–H and O–H groups in total. The van der Waals surface area contributed by atoms with Crippen LogP contribution < -0.4 is 10.2 Å². The zero-order valence-corrected chi connectivity index (χ0v) is 16.0. The van der Waals surface area contributed by atoms with E-state index in [-0.39, 0.29) is 5.91 Å². The summed E-state index contributed by atoms with van der Waals surface area (Å²) in [5.41, 5.74) is 1.94. The number of nitrogens with one attached hydrogen (secondary N) is 1. The minimum atomic E-state index is -0.0742. The van der Waals surface area contributed by atoms with Crippen molar-refractivity contribution < 1.29 is 9.53 Å². The van der Waals surface area contributed by atoms with Crippen LogP contribution in [-0.2, 0) is 4.74 Å². The fourth-order valence-electron chi connectivity index (χ4n) is 2.80. The Hall–Kier alpha value is -2.51. The third kappa shape index (κ3) is 3.68. The Balaban J connectivity index is 1.93. The van der Waals surface area contributed by atoms with Crippen LogP contribution in [0.25, 0.3) is 10.2 Å². The van der Waals surface area contributed by atoms with Gasteiger partial charge in [0.25, 0.3) is 5.91 Å². The molecule has 0 bridgehead atoms. The average Bonchev–Trinajstić information content (AvgIpc) is 3.02. The van der Waals surface area contributed by atoms with Crippen LogP contribution >= 0.6 is 11.3 Å². The van der Waals surface area contributed by atoms with Crippen molar-refractivity contribution in [1.82, 2.24) is 15.3 Å². The highest BCUT2D eigenvalue weighted by Gasteiger charge is 2.21. The van der Waals surface area contributed by atoms with Crippen LogP contribution in [0.2, 0.25) is 0 Å². The molecule has 0 radical (unpaired) electrons. The summed E-state index contributed by atoms with van der Waals surface area (Å²) in [6.07, 6.45) is 2.33. The standard InChI is InChI=1S/C19H22N4O2S/c1-13-15-17(23(2)14-8-5-4-6-9-14)21-12-22-19(15)26-16(13)18(24)20-10-7-11-25-3/h4-6,8-9,12H,7,10-11H2,1-3H3,(H,20,24). The van der Waals surface area contributed by atoms with Crippen LogP contribution in [-0.4, -0.2) is 43.2 Å². The van der Waals surface area contributed by atoms with Crippen LogP contribution in [0.3, 0.4) is 0 Å². The highest BCUT2D eigenvalue weighted by molar-refractivity contribution is 7.20. The molecule has 0 unspecified atom stereocenters. The minimum Gasteiger partial charge on any atom is -0.385 e. The van der Waals surface area contributed by atoms with E-state index < -0.39 is 0 Å². The molecule has 3 rings (SSSR count). The molecule has 2 heterocycles. The second-order valence-electron chi connectivity index (χ2n) is 5.93. The summed E-state index contributed by atoms with van der Waals surface area (Å²) in [5.74, 6) is 0.725. The smallest absolute Gasteiger partial charge is 0.261 e. The number of hydrogen-bond acceptors (Lipinski definition) is 6. The lowest BCUT2D eigenvalue weighted by atomic mass is 10.2. The van der Waals surface area contributed by atoms with Gasteiger partial charge < -0.3 is 15.0 Å². The van der Waals surface area contributed by atoms with Crippen LogP contribution in [0.15, 0.2) is 36.7 Å². The maximum Gasteiger partial charge on any atom is 0.261 e. The first-order valence-electron chi connectivity index (χ1n) is 8.43. The molecule has 0 aliphatic carbocycles. The number of para-hydroxylation sites is 1. The summed E-state index contributed by atoms with van der Waals surface area (Å²) >= 11 is 1.40. The lowest BCUT2D eigenvalue weighted by molar-refractivity contribution is 0.0952. The number of amides is 1. The second-order valence-corrected chi connectivity index (χ2v) is 6.93. The Kier molecular flexibility index (Phi) is 5.80. The predicted molar refractivity (Wildman–Crippen MR) is 105 cm³/mol. The molecule has 0 fully saturated rings. The molecule has 1 amide bonds. The molecule has 0 atom stereocenters. The quantitative estimate of drug-likeness (QED) is 0.645. The summed E-state index contributed by atoms with van der Waals surface area (Å²) in [6.45, 7) is 3.17. The number of aromatic nitrogens is 2. The summed E-state index contributed by atoms with van der Waals surface area (Å²) in [5, 5.41) is 3.87. The normalized spacial score (nSPS) is 10.9.